The van der Waals surface area contributed by atoms with Crippen LogP contribution in [0.3, 0.4) is 0 Å². The highest BCUT2D eigenvalue weighted by Crippen LogP contribution is 2.40. The Labute approximate surface area is 134 Å². The van der Waals surface area contributed by atoms with Gasteiger partial charge in [-0.1, -0.05) is 67.0 Å². The molecule has 0 bridgehead atoms. The fraction of sp³-hybridized carbons (Fsp3) is 0.500. The predicted molar refractivity (Wildman–Crippen MR) is 101 cm³/mol. The minimum Gasteiger partial charge on any atom is -0.134 e. The summed E-state index contributed by atoms with van der Waals surface area (Å²) in [6, 6.07) is 0. The van der Waals surface area contributed by atoms with E-state index in [9.17, 15) is 0 Å². The molecule has 1 atom stereocenters. The van der Waals surface area contributed by atoms with Gasteiger partial charge in [-0.3, -0.25) is 0 Å². The SMILES string of the molecule is CC(C=CC1=C(C)CCCC1(C)C)=CC=CC(C)=CCP. The van der Waals surface area contributed by atoms with E-state index in [-0.39, 0.29) is 0 Å². The highest BCUT2D eigenvalue weighted by Gasteiger charge is 2.26. The molecule has 0 aromatic rings. The molecule has 0 aromatic carbocycles. The van der Waals surface area contributed by atoms with Crippen molar-refractivity contribution in [2.45, 2.75) is 53.9 Å². The molecule has 0 N–H and O–H groups in total. The van der Waals surface area contributed by atoms with Crippen LogP contribution in [0.4, 0.5) is 0 Å². The smallest absolute Gasteiger partial charge is 0.0104 e. The van der Waals surface area contributed by atoms with Crippen molar-refractivity contribution in [1.29, 1.82) is 0 Å². The molecule has 0 nitrogen and oxygen atoms in total. The largest absolute Gasteiger partial charge is 0.134 e. The van der Waals surface area contributed by atoms with Crippen LogP contribution in [-0.2, 0) is 0 Å². The Hall–Kier alpha value is -0.870. The van der Waals surface area contributed by atoms with Crippen LogP contribution in [0.15, 0.2) is 58.7 Å². The maximum atomic E-state index is 2.72. The molecule has 0 radical (unpaired) electrons. The van der Waals surface area contributed by atoms with Gasteiger partial charge in [0.2, 0.25) is 0 Å². The van der Waals surface area contributed by atoms with Gasteiger partial charge in [-0.05, 0) is 57.2 Å². The van der Waals surface area contributed by atoms with Crippen LogP contribution in [0.2, 0.25) is 0 Å². The summed E-state index contributed by atoms with van der Waals surface area (Å²) in [5.41, 5.74) is 6.03. The van der Waals surface area contributed by atoms with E-state index < -0.39 is 0 Å². The molecular formula is C20H31P. The maximum absolute atomic E-state index is 2.72. The van der Waals surface area contributed by atoms with Gasteiger partial charge in [0.15, 0.2) is 0 Å². The lowest BCUT2D eigenvalue weighted by Gasteiger charge is -2.32. The molecule has 1 unspecified atom stereocenters. The van der Waals surface area contributed by atoms with Crippen LogP contribution in [0.25, 0.3) is 0 Å². The predicted octanol–water partition coefficient (Wildman–Crippen LogP) is 6.39. The molecule has 1 aliphatic rings. The zero-order valence-electron chi connectivity index (χ0n) is 14.4. The number of hydrogen-bond donors (Lipinski definition) is 0. The molecule has 0 heterocycles. The number of hydrogen-bond acceptors (Lipinski definition) is 0. The van der Waals surface area contributed by atoms with Crippen LogP contribution in [-0.4, -0.2) is 6.16 Å². The normalized spacial score (nSPS) is 20.9. The highest BCUT2D eigenvalue weighted by atomic mass is 31.0. The Morgan fingerprint density at radius 2 is 1.90 bits per heavy atom. The molecule has 0 spiro atoms. The minimum absolute atomic E-state index is 0.326. The van der Waals surface area contributed by atoms with Gasteiger partial charge in [0.1, 0.15) is 0 Å². The van der Waals surface area contributed by atoms with Gasteiger partial charge in [0, 0.05) is 0 Å². The number of rotatable bonds is 5. The average Bonchev–Trinajstić information content (AvgIpc) is 2.37. The van der Waals surface area contributed by atoms with Crippen molar-refractivity contribution < 1.29 is 0 Å². The second-order valence-corrected chi connectivity index (χ2v) is 7.19. The first-order valence-electron chi connectivity index (χ1n) is 7.97. The molecule has 116 valence electrons. The summed E-state index contributed by atoms with van der Waals surface area (Å²) in [6.07, 6.45) is 18.2. The Kier molecular flexibility index (Phi) is 7.40. The Bertz CT molecular complexity index is 496. The van der Waals surface area contributed by atoms with Crippen molar-refractivity contribution in [2.24, 2.45) is 5.41 Å². The second kappa shape index (κ2) is 8.54. The van der Waals surface area contributed by atoms with Gasteiger partial charge in [-0.25, -0.2) is 0 Å². The summed E-state index contributed by atoms with van der Waals surface area (Å²) in [7, 11) is 2.72. The summed E-state index contributed by atoms with van der Waals surface area (Å²) in [5.74, 6) is 0. The third-order valence-corrected chi connectivity index (χ3v) is 4.45. The topological polar surface area (TPSA) is 0 Å². The Balaban J connectivity index is 2.78. The molecule has 21 heavy (non-hydrogen) atoms. The molecule has 0 aliphatic heterocycles. The van der Waals surface area contributed by atoms with Gasteiger partial charge in [0.05, 0.1) is 0 Å². The first-order chi connectivity index (χ1) is 9.86. The van der Waals surface area contributed by atoms with E-state index in [2.05, 4.69) is 80.3 Å². The average molecular weight is 302 g/mol. The lowest BCUT2D eigenvalue weighted by atomic mass is 9.72. The van der Waals surface area contributed by atoms with E-state index in [0.717, 1.165) is 6.16 Å². The number of allylic oxidation sites excluding steroid dienone is 10. The van der Waals surface area contributed by atoms with Crippen LogP contribution in [0.1, 0.15) is 53.9 Å². The van der Waals surface area contributed by atoms with Crippen molar-refractivity contribution >= 4 is 9.24 Å². The zero-order valence-corrected chi connectivity index (χ0v) is 15.5. The molecule has 0 saturated carbocycles. The van der Waals surface area contributed by atoms with Gasteiger partial charge < -0.3 is 0 Å². The fourth-order valence-electron chi connectivity index (χ4n) is 2.89. The van der Waals surface area contributed by atoms with E-state index in [1.165, 1.54) is 36.0 Å². The van der Waals surface area contributed by atoms with Crippen LogP contribution >= 0.6 is 9.24 Å². The third-order valence-electron chi connectivity index (χ3n) is 4.21. The fourth-order valence-corrected chi connectivity index (χ4v) is 3.26. The Morgan fingerprint density at radius 3 is 2.52 bits per heavy atom. The minimum atomic E-state index is 0.326. The van der Waals surface area contributed by atoms with Gasteiger partial charge in [-0.2, -0.15) is 0 Å². The van der Waals surface area contributed by atoms with E-state index in [1.54, 1.807) is 5.57 Å². The van der Waals surface area contributed by atoms with Crippen molar-refractivity contribution in [1.82, 2.24) is 0 Å². The summed E-state index contributed by atoms with van der Waals surface area (Å²) in [5, 5.41) is 0. The molecule has 1 heteroatoms. The summed E-state index contributed by atoms with van der Waals surface area (Å²) < 4.78 is 0. The lowest BCUT2D eigenvalue weighted by Crippen LogP contribution is -2.19. The van der Waals surface area contributed by atoms with Crippen LogP contribution in [0, 0.1) is 5.41 Å². The second-order valence-electron chi connectivity index (χ2n) is 6.72. The van der Waals surface area contributed by atoms with Gasteiger partial charge in [-0.15, -0.1) is 9.24 Å². The van der Waals surface area contributed by atoms with Crippen LogP contribution in [0.5, 0.6) is 0 Å². The maximum Gasteiger partial charge on any atom is -0.0104 e. The molecular weight excluding hydrogens is 271 g/mol. The standard InChI is InChI=1S/C20H31P/c1-16(8-6-9-17(2)13-15-21)11-12-19-18(3)10-7-14-20(19,4)5/h6,8-9,11-13H,7,10,14-15,21H2,1-5H3. The summed E-state index contributed by atoms with van der Waals surface area (Å²) in [4.78, 5) is 0. The molecule has 0 amide bonds. The zero-order chi connectivity index (χ0) is 15.9. The van der Waals surface area contributed by atoms with E-state index in [0.29, 0.717) is 5.41 Å². The van der Waals surface area contributed by atoms with E-state index in [4.69, 9.17) is 0 Å². The highest BCUT2D eigenvalue weighted by molar-refractivity contribution is 7.16. The van der Waals surface area contributed by atoms with Crippen LogP contribution < -0.4 is 0 Å². The monoisotopic (exact) mass is 302 g/mol. The van der Waals surface area contributed by atoms with E-state index >= 15 is 0 Å². The molecule has 1 aliphatic carbocycles. The molecule has 0 aromatic heterocycles. The first-order valence-corrected chi connectivity index (χ1v) is 8.78. The van der Waals surface area contributed by atoms with Crippen molar-refractivity contribution in [2.75, 3.05) is 6.16 Å². The van der Waals surface area contributed by atoms with Crippen molar-refractivity contribution in [3.05, 3.63) is 58.7 Å². The van der Waals surface area contributed by atoms with Gasteiger partial charge >= 0.3 is 0 Å². The first kappa shape index (κ1) is 18.2. The van der Waals surface area contributed by atoms with Crippen molar-refractivity contribution in [3.8, 4) is 0 Å². The van der Waals surface area contributed by atoms with E-state index in [1.807, 2.05) is 0 Å². The summed E-state index contributed by atoms with van der Waals surface area (Å²) in [6.45, 7) is 11.3. The summed E-state index contributed by atoms with van der Waals surface area (Å²) >= 11 is 0. The van der Waals surface area contributed by atoms with Crippen molar-refractivity contribution in [3.63, 3.8) is 0 Å². The lowest BCUT2D eigenvalue weighted by molar-refractivity contribution is 0.377. The van der Waals surface area contributed by atoms with Gasteiger partial charge in [0.25, 0.3) is 0 Å². The Morgan fingerprint density at radius 1 is 1.19 bits per heavy atom. The molecule has 0 fully saturated rings. The quantitative estimate of drug-likeness (QED) is 0.407. The molecule has 0 saturated heterocycles. The molecule has 1 rings (SSSR count). The third kappa shape index (κ3) is 6.18.